The van der Waals surface area contributed by atoms with Crippen LogP contribution in [0.25, 0.3) is 0 Å². The summed E-state index contributed by atoms with van der Waals surface area (Å²) in [6, 6.07) is 2.05. The van der Waals surface area contributed by atoms with Crippen LogP contribution in [0.5, 0.6) is 0 Å². The number of rotatable bonds is 6. The molecule has 0 saturated heterocycles. The topological polar surface area (TPSA) is 70.4 Å². The van der Waals surface area contributed by atoms with Crippen molar-refractivity contribution in [2.45, 2.75) is 27.3 Å². The SMILES string of the molecule is CCNC(=O)C(C)(C)CNC(=NC)NCc1ccn(C)c1. The minimum absolute atomic E-state index is 0.0380. The molecule has 3 N–H and O–H groups in total. The van der Waals surface area contributed by atoms with Gasteiger partial charge in [0.25, 0.3) is 0 Å². The highest BCUT2D eigenvalue weighted by Crippen LogP contribution is 2.13. The quantitative estimate of drug-likeness (QED) is 0.538. The summed E-state index contributed by atoms with van der Waals surface area (Å²) in [5.74, 6) is 0.729. The third-order valence-corrected chi connectivity index (χ3v) is 3.23. The molecule has 1 aromatic heterocycles. The summed E-state index contributed by atoms with van der Waals surface area (Å²) in [5.41, 5.74) is 0.698. The van der Waals surface area contributed by atoms with Gasteiger partial charge >= 0.3 is 0 Å². The minimum atomic E-state index is -0.486. The fraction of sp³-hybridized carbons (Fsp3) is 0.600. The van der Waals surface area contributed by atoms with Crippen molar-refractivity contribution in [2.24, 2.45) is 17.5 Å². The molecule has 0 aliphatic rings. The Labute approximate surface area is 127 Å². The minimum Gasteiger partial charge on any atom is -0.357 e. The molecule has 0 saturated carbocycles. The van der Waals surface area contributed by atoms with Crippen molar-refractivity contribution in [1.29, 1.82) is 0 Å². The van der Waals surface area contributed by atoms with Crippen LogP contribution in [-0.4, -0.2) is 36.6 Å². The third kappa shape index (κ3) is 5.49. The lowest BCUT2D eigenvalue weighted by Crippen LogP contribution is -2.47. The summed E-state index contributed by atoms with van der Waals surface area (Å²) >= 11 is 0. The van der Waals surface area contributed by atoms with Crippen molar-refractivity contribution >= 4 is 11.9 Å². The average Bonchev–Trinajstić information content (AvgIpc) is 2.85. The summed E-state index contributed by atoms with van der Waals surface area (Å²) in [5, 5.41) is 9.28. The van der Waals surface area contributed by atoms with Crippen LogP contribution in [0.1, 0.15) is 26.3 Å². The maximum absolute atomic E-state index is 11.9. The molecular weight excluding hydrogens is 266 g/mol. The number of guanidine groups is 1. The molecule has 6 heteroatoms. The van der Waals surface area contributed by atoms with Gasteiger partial charge in [0.15, 0.2) is 5.96 Å². The van der Waals surface area contributed by atoms with Gasteiger partial charge in [-0.1, -0.05) is 0 Å². The molecule has 118 valence electrons. The van der Waals surface area contributed by atoms with E-state index >= 15 is 0 Å². The lowest BCUT2D eigenvalue weighted by Gasteiger charge is -2.24. The highest BCUT2D eigenvalue weighted by molar-refractivity contribution is 5.84. The van der Waals surface area contributed by atoms with Crippen molar-refractivity contribution in [2.75, 3.05) is 20.1 Å². The van der Waals surface area contributed by atoms with Crippen LogP contribution >= 0.6 is 0 Å². The number of aryl methyl sites for hydroxylation is 1. The van der Waals surface area contributed by atoms with Crippen LogP contribution in [0.3, 0.4) is 0 Å². The highest BCUT2D eigenvalue weighted by Gasteiger charge is 2.27. The molecule has 0 unspecified atom stereocenters. The summed E-state index contributed by atoms with van der Waals surface area (Å²) < 4.78 is 2.01. The Morgan fingerprint density at radius 2 is 2.05 bits per heavy atom. The van der Waals surface area contributed by atoms with Gasteiger partial charge in [-0.15, -0.1) is 0 Å². The summed E-state index contributed by atoms with van der Waals surface area (Å²) in [7, 11) is 3.71. The normalized spacial score (nSPS) is 12.1. The predicted octanol–water partition coefficient (Wildman–Crippen LogP) is 0.852. The van der Waals surface area contributed by atoms with E-state index in [-0.39, 0.29) is 5.91 Å². The molecule has 0 spiro atoms. The van der Waals surface area contributed by atoms with Gasteiger partial charge in [-0.25, -0.2) is 0 Å². The fourth-order valence-corrected chi connectivity index (χ4v) is 1.86. The maximum atomic E-state index is 11.9. The standard InChI is InChI=1S/C15H27N5O/c1-6-17-13(21)15(2,3)11-19-14(16-4)18-9-12-7-8-20(5)10-12/h7-8,10H,6,9,11H2,1-5H3,(H,17,21)(H2,16,18,19). The van der Waals surface area contributed by atoms with Crippen LogP contribution in [0.2, 0.25) is 0 Å². The second-order valence-electron chi connectivity index (χ2n) is 5.71. The third-order valence-electron chi connectivity index (χ3n) is 3.23. The van der Waals surface area contributed by atoms with E-state index in [1.165, 1.54) is 5.56 Å². The van der Waals surface area contributed by atoms with Gasteiger partial charge in [0, 0.05) is 46.1 Å². The fourth-order valence-electron chi connectivity index (χ4n) is 1.86. The van der Waals surface area contributed by atoms with Gasteiger partial charge in [-0.05, 0) is 32.4 Å². The molecule has 1 rings (SSSR count). The zero-order chi connectivity index (χ0) is 15.9. The molecule has 1 heterocycles. The smallest absolute Gasteiger partial charge is 0.227 e. The first kappa shape index (κ1) is 17.1. The molecule has 0 fully saturated rings. The van der Waals surface area contributed by atoms with Crippen molar-refractivity contribution in [3.63, 3.8) is 0 Å². The Kier molecular flexibility index (Phi) is 6.27. The van der Waals surface area contributed by atoms with Gasteiger partial charge in [-0.3, -0.25) is 9.79 Å². The predicted molar refractivity (Wildman–Crippen MR) is 86.1 cm³/mol. The zero-order valence-electron chi connectivity index (χ0n) is 13.7. The van der Waals surface area contributed by atoms with Crippen molar-refractivity contribution in [1.82, 2.24) is 20.5 Å². The Morgan fingerprint density at radius 3 is 2.57 bits per heavy atom. The monoisotopic (exact) mass is 293 g/mol. The van der Waals surface area contributed by atoms with Crippen LogP contribution in [0, 0.1) is 5.41 Å². The highest BCUT2D eigenvalue weighted by atomic mass is 16.2. The van der Waals surface area contributed by atoms with Crippen LogP contribution in [0.4, 0.5) is 0 Å². The Morgan fingerprint density at radius 1 is 1.33 bits per heavy atom. The van der Waals surface area contributed by atoms with E-state index in [2.05, 4.69) is 33.2 Å². The van der Waals surface area contributed by atoms with E-state index in [1.54, 1.807) is 7.05 Å². The molecule has 0 bridgehead atoms. The molecule has 0 aromatic carbocycles. The second-order valence-corrected chi connectivity index (χ2v) is 5.71. The van der Waals surface area contributed by atoms with Gasteiger partial charge in [0.1, 0.15) is 0 Å². The number of carbonyl (C=O) groups is 1. The van der Waals surface area contributed by atoms with E-state index < -0.39 is 5.41 Å². The van der Waals surface area contributed by atoms with Gasteiger partial charge in [-0.2, -0.15) is 0 Å². The molecule has 0 aliphatic carbocycles. The average molecular weight is 293 g/mol. The van der Waals surface area contributed by atoms with Crippen LogP contribution < -0.4 is 16.0 Å². The zero-order valence-corrected chi connectivity index (χ0v) is 13.7. The molecule has 1 aromatic rings. The van der Waals surface area contributed by atoms with E-state index in [0.717, 1.165) is 0 Å². The molecule has 0 aliphatic heterocycles. The first-order chi connectivity index (χ1) is 9.89. The van der Waals surface area contributed by atoms with E-state index in [1.807, 2.05) is 38.6 Å². The summed E-state index contributed by atoms with van der Waals surface area (Å²) in [6.07, 6.45) is 4.06. The van der Waals surface area contributed by atoms with E-state index in [4.69, 9.17) is 0 Å². The van der Waals surface area contributed by atoms with Gasteiger partial charge in [0.2, 0.25) is 5.91 Å². The van der Waals surface area contributed by atoms with Crippen molar-refractivity contribution in [3.05, 3.63) is 24.0 Å². The van der Waals surface area contributed by atoms with Crippen molar-refractivity contribution in [3.8, 4) is 0 Å². The number of carbonyl (C=O) groups excluding carboxylic acids is 1. The van der Waals surface area contributed by atoms with Crippen LogP contribution in [0.15, 0.2) is 23.5 Å². The Balaban J connectivity index is 2.46. The van der Waals surface area contributed by atoms with Gasteiger partial charge in [0.05, 0.1) is 5.41 Å². The Bertz CT molecular complexity index is 490. The van der Waals surface area contributed by atoms with Gasteiger partial charge < -0.3 is 20.5 Å². The molecule has 21 heavy (non-hydrogen) atoms. The maximum Gasteiger partial charge on any atom is 0.227 e. The first-order valence-electron chi connectivity index (χ1n) is 7.22. The second kappa shape index (κ2) is 7.71. The number of hydrogen-bond acceptors (Lipinski definition) is 2. The molecule has 0 radical (unpaired) electrons. The number of amides is 1. The largest absolute Gasteiger partial charge is 0.357 e. The molecule has 0 atom stereocenters. The molecule has 6 nitrogen and oxygen atoms in total. The first-order valence-corrected chi connectivity index (χ1v) is 7.22. The number of aliphatic imine (C=N–C) groups is 1. The van der Waals surface area contributed by atoms with E-state index in [0.29, 0.717) is 25.6 Å². The lowest BCUT2D eigenvalue weighted by atomic mass is 9.92. The number of hydrogen-bond donors (Lipinski definition) is 3. The van der Waals surface area contributed by atoms with Crippen molar-refractivity contribution < 1.29 is 4.79 Å². The number of nitrogens with zero attached hydrogens (tertiary/aromatic N) is 2. The molecule has 1 amide bonds. The molecular formula is C15H27N5O. The summed E-state index contributed by atoms with van der Waals surface area (Å²) in [6.45, 7) is 7.60. The number of aromatic nitrogens is 1. The Hall–Kier alpha value is -1.98. The lowest BCUT2D eigenvalue weighted by molar-refractivity contribution is -0.128. The number of nitrogens with one attached hydrogen (secondary N) is 3. The van der Waals surface area contributed by atoms with Crippen LogP contribution in [-0.2, 0) is 18.4 Å². The van der Waals surface area contributed by atoms with E-state index in [9.17, 15) is 4.79 Å². The summed E-state index contributed by atoms with van der Waals surface area (Å²) in [4.78, 5) is 16.1.